The molecule has 24 heavy (non-hydrogen) atoms. The molecule has 0 radical (unpaired) electrons. The highest BCUT2D eigenvalue weighted by atomic mass is 32.2. The molecular weight excluding hydrogens is 338 g/mol. The summed E-state index contributed by atoms with van der Waals surface area (Å²) in [4.78, 5) is 33.8. The second-order valence-electron chi connectivity index (χ2n) is 5.09. The predicted molar refractivity (Wildman–Crippen MR) is 84.2 cm³/mol. The van der Waals surface area contributed by atoms with Gasteiger partial charge in [-0.2, -0.15) is 4.72 Å². The Balaban J connectivity index is 2.71. The highest BCUT2D eigenvalue weighted by Crippen LogP contribution is 2.11. The third-order valence-corrected chi connectivity index (χ3v) is 4.48. The number of sulfonamides is 1. The van der Waals surface area contributed by atoms with E-state index in [1.807, 2.05) is 6.92 Å². The Kier molecular flexibility index (Phi) is 6.43. The van der Waals surface area contributed by atoms with E-state index in [4.69, 9.17) is 10.5 Å². The van der Waals surface area contributed by atoms with Crippen LogP contribution in [0.5, 0.6) is 0 Å². The van der Waals surface area contributed by atoms with E-state index in [0.717, 1.165) is 5.56 Å². The fraction of sp³-hybridized carbons (Fsp3) is 0.357. The van der Waals surface area contributed by atoms with Crippen LogP contribution in [0.15, 0.2) is 29.2 Å². The molecule has 0 saturated carbocycles. The second kappa shape index (κ2) is 7.88. The largest absolute Gasteiger partial charge is 0.451 e. The van der Waals surface area contributed by atoms with Gasteiger partial charge in [0, 0.05) is 0 Å². The van der Waals surface area contributed by atoms with Gasteiger partial charge in [-0.25, -0.2) is 13.2 Å². The Hall–Kier alpha value is -2.46. The zero-order chi connectivity index (χ0) is 18.5. The molecule has 4 N–H and O–H groups in total. The van der Waals surface area contributed by atoms with Crippen LogP contribution in [0.25, 0.3) is 0 Å². The van der Waals surface area contributed by atoms with Gasteiger partial charge in [0.25, 0.3) is 5.91 Å². The van der Waals surface area contributed by atoms with Crippen LogP contribution >= 0.6 is 0 Å². The molecule has 9 nitrogen and oxygen atoms in total. The number of urea groups is 1. The molecule has 0 spiro atoms. The van der Waals surface area contributed by atoms with E-state index in [1.54, 1.807) is 17.4 Å². The summed E-state index contributed by atoms with van der Waals surface area (Å²) in [5.74, 6) is -1.89. The number of hydrogen-bond acceptors (Lipinski definition) is 6. The molecule has 0 aliphatic heterocycles. The predicted octanol–water partition coefficient (Wildman–Crippen LogP) is -0.212. The maximum Gasteiger partial charge on any atom is 0.324 e. The van der Waals surface area contributed by atoms with Crippen molar-refractivity contribution >= 4 is 27.9 Å². The normalized spacial score (nSPS) is 13.6. The smallest absolute Gasteiger partial charge is 0.324 e. The van der Waals surface area contributed by atoms with Gasteiger partial charge < -0.3 is 10.5 Å². The average Bonchev–Trinajstić information content (AvgIpc) is 2.46. The summed E-state index contributed by atoms with van der Waals surface area (Å²) in [6.45, 7) is 4.30. The monoisotopic (exact) mass is 357 g/mol. The fourth-order valence-electron chi connectivity index (χ4n) is 1.62. The minimum absolute atomic E-state index is 0.00716. The molecule has 1 rings (SSSR count). The molecule has 1 aromatic rings. The summed E-state index contributed by atoms with van der Waals surface area (Å²) < 4.78 is 31.3. The van der Waals surface area contributed by atoms with Gasteiger partial charge in [0.1, 0.15) is 6.04 Å². The maximum absolute atomic E-state index is 12.2. The lowest BCUT2D eigenvalue weighted by atomic mass is 10.2. The minimum atomic E-state index is -3.92. The zero-order valence-electron chi connectivity index (χ0n) is 13.4. The topological polar surface area (TPSA) is 145 Å². The first-order valence-electron chi connectivity index (χ1n) is 6.92. The number of primary amides is 1. The summed E-state index contributed by atoms with van der Waals surface area (Å²) in [6, 6.07) is 3.72. The van der Waals surface area contributed by atoms with Crippen molar-refractivity contribution in [3.63, 3.8) is 0 Å². The Morgan fingerprint density at radius 3 is 2.17 bits per heavy atom. The van der Waals surface area contributed by atoms with Crippen LogP contribution in [0.2, 0.25) is 0 Å². The molecule has 0 aliphatic rings. The number of nitrogens with two attached hydrogens (primary N) is 1. The van der Waals surface area contributed by atoms with E-state index in [1.165, 1.54) is 26.0 Å². The number of ether oxygens (including phenoxy) is 1. The third kappa shape index (κ3) is 5.63. The van der Waals surface area contributed by atoms with Gasteiger partial charge in [0.15, 0.2) is 6.10 Å². The number of benzene rings is 1. The molecule has 132 valence electrons. The first-order valence-corrected chi connectivity index (χ1v) is 8.41. The van der Waals surface area contributed by atoms with E-state index < -0.39 is 40.1 Å². The van der Waals surface area contributed by atoms with Crippen LogP contribution in [0.4, 0.5) is 4.79 Å². The number of imide groups is 1. The molecule has 0 fully saturated rings. The summed E-state index contributed by atoms with van der Waals surface area (Å²) in [7, 11) is -3.92. The van der Waals surface area contributed by atoms with Crippen LogP contribution in [0.3, 0.4) is 0 Å². The number of nitrogens with one attached hydrogen (secondary N) is 2. The highest BCUT2D eigenvalue weighted by molar-refractivity contribution is 7.89. The molecule has 0 saturated heterocycles. The molecule has 2 atom stereocenters. The van der Waals surface area contributed by atoms with Crippen molar-refractivity contribution in [1.82, 2.24) is 10.0 Å². The summed E-state index contributed by atoms with van der Waals surface area (Å²) in [6.07, 6.45) is -1.31. The first kappa shape index (κ1) is 19.6. The van der Waals surface area contributed by atoms with E-state index in [9.17, 15) is 22.8 Å². The van der Waals surface area contributed by atoms with Crippen molar-refractivity contribution in [1.29, 1.82) is 0 Å². The van der Waals surface area contributed by atoms with Gasteiger partial charge in [-0.1, -0.05) is 17.7 Å². The zero-order valence-corrected chi connectivity index (χ0v) is 14.2. The first-order chi connectivity index (χ1) is 11.0. The third-order valence-electron chi connectivity index (χ3n) is 2.93. The Morgan fingerprint density at radius 1 is 1.12 bits per heavy atom. The summed E-state index contributed by atoms with van der Waals surface area (Å²) in [5.41, 5.74) is 5.66. The Labute approximate surface area is 139 Å². The van der Waals surface area contributed by atoms with Gasteiger partial charge in [0.2, 0.25) is 10.0 Å². The molecule has 1 aromatic carbocycles. The lowest BCUT2D eigenvalue weighted by molar-refractivity contribution is -0.155. The standard InChI is InChI=1S/C14H19N3O6S/c1-8-4-6-11(7-5-8)24(21,22)17-9(2)13(19)23-10(3)12(18)16-14(15)20/h4-7,9-10,17H,1-3H3,(H3,15,16,18,20)/t9-,10+/m0/s1. The maximum atomic E-state index is 12.2. The van der Waals surface area contributed by atoms with E-state index >= 15 is 0 Å². The molecule has 0 bridgehead atoms. The number of carbonyl (C=O) groups is 3. The highest BCUT2D eigenvalue weighted by Gasteiger charge is 2.26. The van der Waals surface area contributed by atoms with Gasteiger partial charge in [-0.05, 0) is 32.9 Å². The minimum Gasteiger partial charge on any atom is -0.451 e. The Bertz CT molecular complexity index is 729. The number of carbonyl (C=O) groups excluding carboxylic acids is 3. The van der Waals surface area contributed by atoms with E-state index in [-0.39, 0.29) is 4.90 Å². The van der Waals surface area contributed by atoms with Crippen LogP contribution < -0.4 is 15.8 Å². The van der Waals surface area contributed by atoms with Gasteiger partial charge in [-0.3, -0.25) is 14.9 Å². The molecular formula is C14H19N3O6S. The number of hydrogen-bond donors (Lipinski definition) is 3. The average molecular weight is 357 g/mol. The van der Waals surface area contributed by atoms with Gasteiger partial charge in [0.05, 0.1) is 4.90 Å². The van der Waals surface area contributed by atoms with Gasteiger partial charge >= 0.3 is 12.0 Å². The van der Waals surface area contributed by atoms with Crippen molar-refractivity contribution in [2.75, 3.05) is 0 Å². The number of amides is 3. The van der Waals surface area contributed by atoms with Crippen molar-refractivity contribution in [3.8, 4) is 0 Å². The summed E-state index contributed by atoms with van der Waals surface area (Å²) >= 11 is 0. The van der Waals surface area contributed by atoms with E-state index in [0.29, 0.717) is 0 Å². The van der Waals surface area contributed by atoms with Crippen molar-refractivity contribution in [3.05, 3.63) is 29.8 Å². The molecule has 0 unspecified atom stereocenters. The van der Waals surface area contributed by atoms with Crippen molar-refractivity contribution < 1.29 is 27.5 Å². The Morgan fingerprint density at radius 2 is 1.67 bits per heavy atom. The number of aryl methyl sites for hydroxylation is 1. The molecule has 0 aromatic heterocycles. The molecule has 10 heteroatoms. The number of esters is 1. The van der Waals surface area contributed by atoms with E-state index in [2.05, 4.69) is 4.72 Å². The molecule has 0 aliphatic carbocycles. The lowest BCUT2D eigenvalue weighted by Crippen LogP contribution is -2.45. The second-order valence-corrected chi connectivity index (χ2v) is 6.80. The van der Waals surface area contributed by atoms with Crippen LogP contribution in [-0.2, 0) is 24.3 Å². The van der Waals surface area contributed by atoms with Gasteiger partial charge in [-0.15, -0.1) is 0 Å². The van der Waals surface area contributed by atoms with Crippen molar-refractivity contribution in [2.24, 2.45) is 5.73 Å². The number of rotatable bonds is 6. The van der Waals surface area contributed by atoms with Crippen molar-refractivity contribution in [2.45, 2.75) is 37.8 Å². The lowest BCUT2D eigenvalue weighted by Gasteiger charge is -2.17. The molecule has 3 amide bonds. The quantitative estimate of drug-likeness (QED) is 0.601. The summed E-state index contributed by atoms with van der Waals surface area (Å²) in [5, 5.41) is 1.75. The van der Waals surface area contributed by atoms with Crippen LogP contribution in [0.1, 0.15) is 19.4 Å². The fourth-order valence-corrected chi connectivity index (χ4v) is 2.81. The SMILES string of the molecule is Cc1ccc(S(=O)(=O)N[C@@H](C)C(=O)O[C@H](C)C(=O)NC(N)=O)cc1. The molecule has 0 heterocycles. The van der Waals surface area contributed by atoms with Crippen LogP contribution in [-0.4, -0.2) is 38.5 Å². The van der Waals surface area contributed by atoms with Crippen LogP contribution in [0, 0.1) is 6.92 Å².